The molecule has 0 radical (unpaired) electrons. The number of esters is 1. The average Bonchev–Trinajstić information content (AvgIpc) is 2.17. The van der Waals surface area contributed by atoms with Crippen LogP contribution < -0.4 is 0 Å². The Morgan fingerprint density at radius 2 is 2.21 bits per heavy atom. The van der Waals surface area contributed by atoms with Crippen molar-refractivity contribution in [2.75, 3.05) is 26.1 Å². The fourth-order valence-corrected chi connectivity index (χ4v) is 1.91. The molecule has 0 aliphatic rings. The third kappa shape index (κ3) is 8.38. The van der Waals surface area contributed by atoms with Crippen molar-refractivity contribution in [1.29, 1.82) is 0 Å². The third-order valence-electron chi connectivity index (χ3n) is 1.72. The van der Waals surface area contributed by atoms with E-state index in [9.17, 15) is 4.79 Å². The lowest BCUT2D eigenvalue weighted by molar-refractivity contribution is -0.140. The van der Waals surface area contributed by atoms with Crippen LogP contribution in [0, 0.1) is 0 Å². The number of carbonyl (C=O) groups is 1. The maximum Gasteiger partial charge on any atom is 0.306 e. The van der Waals surface area contributed by atoms with Crippen LogP contribution in [-0.2, 0) is 14.3 Å². The molecule has 0 aromatic heterocycles. The minimum Gasteiger partial charge on any atom is -0.469 e. The zero-order valence-corrected chi connectivity index (χ0v) is 10.1. The van der Waals surface area contributed by atoms with Crippen LogP contribution in [-0.4, -0.2) is 37.3 Å². The number of hydrogen-bond donors (Lipinski definition) is 0. The molecule has 4 heteroatoms. The van der Waals surface area contributed by atoms with E-state index in [1.54, 1.807) is 11.8 Å². The molecular weight excluding hydrogens is 200 g/mol. The van der Waals surface area contributed by atoms with Crippen LogP contribution in [0.3, 0.4) is 0 Å². The molecule has 0 aliphatic heterocycles. The standard InChI is InChI=1S/C10H20O3S/c1-4-13-6-5-7-14-9(2)8-10(11)12-3/h9H,4-8H2,1-3H3. The molecule has 0 heterocycles. The molecule has 0 N–H and O–H groups in total. The van der Waals surface area contributed by atoms with Crippen molar-refractivity contribution >= 4 is 17.7 Å². The molecule has 1 unspecified atom stereocenters. The van der Waals surface area contributed by atoms with Gasteiger partial charge in [-0.2, -0.15) is 11.8 Å². The summed E-state index contributed by atoms with van der Waals surface area (Å²) in [7, 11) is 1.43. The fraction of sp³-hybridized carbons (Fsp3) is 0.900. The number of ether oxygens (including phenoxy) is 2. The zero-order chi connectivity index (χ0) is 10.8. The van der Waals surface area contributed by atoms with E-state index in [-0.39, 0.29) is 5.97 Å². The van der Waals surface area contributed by atoms with Gasteiger partial charge < -0.3 is 9.47 Å². The Kier molecular flexibility index (Phi) is 9.19. The molecule has 14 heavy (non-hydrogen) atoms. The minimum absolute atomic E-state index is 0.130. The van der Waals surface area contributed by atoms with Gasteiger partial charge in [-0.25, -0.2) is 0 Å². The van der Waals surface area contributed by atoms with Gasteiger partial charge in [-0.1, -0.05) is 6.92 Å². The summed E-state index contributed by atoms with van der Waals surface area (Å²) in [5.74, 6) is 0.910. The predicted molar refractivity (Wildman–Crippen MR) is 59.7 cm³/mol. The van der Waals surface area contributed by atoms with Crippen molar-refractivity contribution in [1.82, 2.24) is 0 Å². The first-order valence-corrected chi connectivity index (χ1v) is 6.01. The van der Waals surface area contributed by atoms with Gasteiger partial charge in [0.25, 0.3) is 0 Å². The fourth-order valence-electron chi connectivity index (χ4n) is 0.967. The second-order valence-electron chi connectivity index (χ2n) is 3.01. The van der Waals surface area contributed by atoms with Gasteiger partial charge in [-0.15, -0.1) is 0 Å². The number of thioether (sulfide) groups is 1. The summed E-state index contributed by atoms with van der Waals surface area (Å²) >= 11 is 1.79. The van der Waals surface area contributed by atoms with E-state index in [4.69, 9.17) is 4.74 Å². The molecule has 0 fully saturated rings. The Hall–Kier alpha value is -0.220. The second kappa shape index (κ2) is 9.34. The molecule has 0 rings (SSSR count). The van der Waals surface area contributed by atoms with Crippen molar-refractivity contribution in [2.24, 2.45) is 0 Å². The molecule has 1 atom stereocenters. The van der Waals surface area contributed by atoms with Crippen LogP contribution >= 0.6 is 11.8 Å². The topological polar surface area (TPSA) is 35.5 Å². The summed E-state index contributed by atoms with van der Waals surface area (Å²) in [6, 6.07) is 0. The van der Waals surface area contributed by atoms with Gasteiger partial charge in [0.1, 0.15) is 0 Å². The zero-order valence-electron chi connectivity index (χ0n) is 9.25. The molecule has 84 valence electrons. The first kappa shape index (κ1) is 13.8. The van der Waals surface area contributed by atoms with Crippen molar-refractivity contribution in [3.63, 3.8) is 0 Å². The summed E-state index contributed by atoms with van der Waals surface area (Å²) in [6.45, 7) is 5.63. The molecular formula is C10H20O3S. The SMILES string of the molecule is CCOCCCSC(C)CC(=O)OC. The van der Waals surface area contributed by atoms with E-state index >= 15 is 0 Å². The average molecular weight is 220 g/mol. The van der Waals surface area contributed by atoms with Crippen LogP contribution in [0.5, 0.6) is 0 Å². The van der Waals surface area contributed by atoms with E-state index < -0.39 is 0 Å². The Bertz CT molecular complexity index is 150. The number of methoxy groups -OCH3 is 1. The minimum atomic E-state index is -0.130. The predicted octanol–water partition coefficient (Wildman–Crippen LogP) is 2.10. The Labute approximate surface area is 90.5 Å². The van der Waals surface area contributed by atoms with Gasteiger partial charge in [-0.3, -0.25) is 4.79 Å². The van der Waals surface area contributed by atoms with Gasteiger partial charge in [0, 0.05) is 18.5 Å². The lowest BCUT2D eigenvalue weighted by atomic mass is 10.3. The van der Waals surface area contributed by atoms with Crippen LogP contribution in [0.4, 0.5) is 0 Å². The van der Waals surface area contributed by atoms with E-state index in [1.807, 2.05) is 13.8 Å². The highest BCUT2D eigenvalue weighted by atomic mass is 32.2. The van der Waals surface area contributed by atoms with Gasteiger partial charge in [0.05, 0.1) is 13.5 Å². The Morgan fingerprint density at radius 3 is 2.79 bits per heavy atom. The van der Waals surface area contributed by atoms with Crippen molar-refractivity contribution in [3.8, 4) is 0 Å². The van der Waals surface area contributed by atoms with Gasteiger partial charge in [0.15, 0.2) is 0 Å². The van der Waals surface area contributed by atoms with Crippen molar-refractivity contribution < 1.29 is 14.3 Å². The van der Waals surface area contributed by atoms with Crippen molar-refractivity contribution in [3.05, 3.63) is 0 Å². The molecule has 0 saturated carbocycles. The van der Waals surface area contributed by atoms with E-state index in [0.29, 0.717) is 11.7 Å². The normalized spacial score (nSPS) is 12.5. The first-order valence-electron chi connectivity index (χ1n) is 4.96. The van der Waals surface area contributed by atoms with E-state index in [1.165, 1.54) is 7.11 Å². The molecule has 0 saturated heterocycles. The van der Waals surface area contributed by atoms with E-state index in [2.05, 4.69) is 4.74 Å². The summed E-state index contributed by atoms with van der Waals surface area (Å²) < 4.78 is 9.80. The maximum absolute atomic E-state index is 10.9. The van der Waals surface area contributed by atoms with Crippen LogP contribution in [0.25, 0.3) is 0 Å². The third-order valence-corrected chi connectivity index (χ3v) is 2.98. The number of rotatable bonds is 8. The molecule has 0 aromatic carbocycles. The van der Waals surface area contributed by atoms with E-state index in [0.717, 1.165) is 25.4 Å². The summed E-state index contributed by atoms with van der Waals surface area (Å²) in [5.41, 5.74) is 0. The Balaban J connectivity index is 3.26. The summed E-state index contributed by atoms with van der Waals surface area (Å²) in [4.78, 5) is 10.9. The number of hydrogen-bond acceptors (Lipinski definition) is 4. The van der Waals surface area contributed by atoms with Crippen LogP contribution in [0.2, 0.25) is 0 Å². The molecule has 3 nitrogen and oxygen atoms in total. The van der Waals surface area contributed by atoms with Crippen LogP contribution in [0.15, 0.2) is 0 Å². The smallest absolute Gasteiger partial charge is 0.306 e. The largest absolute Gasteiger partial charge is 0.469 e. The Morgan fingerprint density at radius 1 is 1.50 bits per heavy atom. The lowest BCUT2D eigenvalue weighted by Crippen LogP contribution is -2.09. The molecule has 0 amide bonds. The lowest BCUT2D eigenvalue weighted by Gasteiger charge is -2.09. The van der Waals surface area contributed by atoms with Gasteiger partial charge >= 0.3 is 5.97 Å². The summed E-state index contributed by atoms with van der Waals surface area (Å²) in [5, 5.41) is 0.337. The van der Waals surface area contributed by atoms with Gasteiger partial charge in [-0.05, 0) is 19.1 Å². The highest BCUT2D eigenvalue weighted by Gasteiger charge is 2.08. The molecule has 0 aromatic rings. The highest BCUT2D eigenvalue weighted by molar-refractivity contribution is 7.99. The molecule has 0 spiro atoms. The maximum atomic E-state index is 10.9. The molecule has 0 aliphatic carbocycles. The number of carbonyl (C=O) groups excluding carboxylic acids is 1. The van der Waals surface area contributed by atoms with Crippen LogP contribution in [0.1, 0.15) is 26.7 Å². The highest BCUT2D eigenvalue weighted by Crippen LogP contribution is 2.15. The first-order chi connectivity index (χ1) is 6.70. The second-order valence-corrected chi connectivity index (χ2v) is 4.56. The molecule has 0 bridgehead atoms. The van der Waals surface area contributed by atoms with Crippen molar-refractivity contribution in [2.45, 2.75) is 31.9 Å². The summed E-state index contributed by atoms with van der Waals surface area (Å²) in [6.07, 6.45) is 1.54. The monoisotopic (exact) mass is 220 g/mol. The quantitative estimate of drug-likeness (QED) is 0.463. The van der Waals surface area contributed by atoms with Gasteiger partial charge in [0.2, 0.25) is 0 Å².